The molecular weight excluding hydrogens is 296 g/mol. The summed E-state index contributed by atoms with van der Waals surface area (Å²) in [6, 6.07) is 12.7. The molecule has 0 fully saturated rings. The molecule has 0 amide bonds. The van der Waals surface area contributed by atoms with Crippen LogP contribution in [0.3, 0.4) is 0 Å². The Morgan fingerprint density at radius 2 is 1.71 bits per heavy atom. The van der Waals surface area contributed by atoms with E-state index in [1.165, 1.54) is 11.3 Å². The summed E-state index contributed by atoms with van der Waals surface area (Å²) >= 11 is 0. The number of aryl methyl sites for hydroxylation is 1. The molecular formula is C20H26N4. The normalized spacial score (nSPS) is 11.8. The molecule has 0 bridgehead atoms. The largest absolute Gasteiger partial charge is 0.378 e. The second kappa shape index (κ2) is 5.86. The fraction of sp³-hybridized carbons (Fsp3) is 0.350. The summed E-state index contributed by atoms with van der Waals surface area (Å²) in [6.45, 7) is 8.60. The smallest absolute Gasteiger partial charge is 0.142 e. The van der Waals surface area contributed by atoms with Gasteiger partial charge in [-0.25, -0.2) is 4.98 Å². The lowest BCUT2D eigenvalue weighted by molar-refractivity contribution is 0.629. The minimum Gasteiger partial charge on any atom is -0.378 e. The third-order valence-electron chi connectivity index (χ3n) is 4.00. The average Bonchev–Trinajstić information content (AvgIpc) is 2.86. The number of fused-ring (bicyclic) bond motifs is 1. The number of benzene rings is 1. The lowest BCUT2D eigenvalue weighted by atomic mass is 10.1. The number of rotatable bonds is 3. The molecule has 0 spiro atoms. The summed E-state index contributed by atoms with van der Waals surface area (Å²) < 4.78 is 2.15. The van der Waals surface area contributed by atoms with Gasteiger partial charge in [-0.3, -0.25) is 4.40 Å². The Morgan fingerprint density at radius 1 is 1.04 bits per heavy atom. The Bertz CT molecular complexity index is 852. The first-order valence-corrected chi connectivity index (χ1v) is 8.30. The van der Waals surface area contributed by atoms with Crippen LogP contribution in [0.25, 0.3) is 16.9 Å². The van der Waals surface area contributed by atoms with Gasteiger partial charge in [-0.1, -0.05) is 18.2 Å². The highest BCUT2D eigenvalue weighted by molar-refractivity contribution is 5.78. The van der Waals surface area contributed by atoms with Gasteiger partial charge in [0.2, 0.25) is 0 Å². The first-order valence-electron chi connectivity index (χ1n) is 8.30. The zero-order valence-electron chi connectivity index (χ0n) is 15.4. The van der Waals surface area contributed by atoms with Gasteiger partial charge in [-0.05, 0) is 51.5 Å². The van der Waals surface area contributed by atoms with Crippen LogP contribution in [-0.2, 0) is 0 Å². The van der Waals surface area contributed by atoms with E-state index in [-0.39, 0.29) is 5.54 Å². The third kappa shape index (κ3) is 3.09. The van der Waals surface area contributed by atoms with E-state index in [1.54, 1.807) is 0 Å². The molecule has 3 rings (SSSR count). The van der Waals surface area contributed by atoms with Crippen LogP contribution in [0, 0.1) is 6.92 Å². The highest BCUT2D eigenvalue weighted by Crippen LogP contribution is 2.32. The highest BCUT2D eigenvalue weighted by atomic mass is 15.2. The molecule has 0 unspecified atom stereocenters. The molecule has 0 radical (unpaired) electrons. The Labute approximate surface area is 144 Å². The Morgan fingerprint density at radius 3 is 2.29 bits per heavy atom. The van der Waals surface area contributed by atoms with E-state index < -0.39 is 0 Å². The van der Waals surface area contributed by atoms with Crippen molar-refractivity contribution in [3.05, 3.63) is 48.2 Å². The van der Waals surface area contributed by atoms with Crippen LogP contribution in [0.15, 0.2) is 42.6 Å². The van der Waals surface area contributed by atoms with Gasteiger partial charge < -0.3 is 10.2 Å². The molecule has 0 atom stereocenters. The molecule has 0 aliphatic rings. The maximum Gasteiger partial charge on any atom is 0.142 e. The van der Waals surface area contributed by atoms with Gasteiger partial charge in [0.25, 0.3) is 0 Å². The minimum atomic E-state index is -0.0436. The average molecular weight is 322 g/mol. The predicted octanol–water partition coefficient (Wildman–Crippen LogP) is 4.59. The minimum absolute atomic E-state index is 0.0436. The molecule has 126 valence electrons. The first-order chi connectivity index (χ1) is 11.3. The quantitative estimate of drug-likeness (QED) is 0.766. The Balaban J connectivity index is 2.19. The number of aromatic nitrogens is 2. The summed E-state index contributed by atoms with van der Waals surface area (Å²) in [4.78, 5) is 7.03. The van der Waals surface area contributed by atoms with Gasteiger partial charge >= 0.3 is 0 Å². The molecule has 0 saturated carbocycles. The van der Waals surface area contributed by atoms with Crippen LogP contribution < -0.4 is 10.2 Å². The molecule has 3 aromatic rings. The van der Waals surface area contributed by atoms with Crippen LogP contribution >= 0.6 is 0 Å². The zero-order valence-corrected chi connectivity index (χ0v) is 15.4. The molecule has 2 aromatic heterocycles. The van der Waals surface area contributed by atoms with Crippen LogP contribution in [-0.4, -0.2) is 29.0 Å². The van der Waals surface area contributed by atoms with E-state index in [0.29, 0.717) is 0 Å². The number of imidazole rings is 1. The van der Waals surface area contributed by atoms with Crippen LogP contribution in [0.5, 0.6) is 0 Å². The first kappa shape index (κ1) is 16.4. The van der Waals surface area contributed by atoms with Crippen molar-refractivity contribution in [1.82, 2.24) is 9.38 Å². The SMILES string of the molecule is Cc1cccn2c(NC(C)(C)C)c(-c3ccc(N(C)C)cc3)nc12. The Hall–Kier alpha value is -2.49. The van der Waals surface area contributed by atoms with Crippen LogP contribution in [0.1, 0.15) is 26.3 Å². The van der Waals surface area contributed by atoms with E-state index in [1.807, 2.05) is 0 Å². The molecule has 1 aromatic carbocycles. The van der Waals surface area contributed by atoms with Crippen molar-refractivity contribution in [1.29, 1.82) is 0 Å². The topological polar surface area (TPSA) is 32.6 Å². The zero-order chi connectivity index (χ0) is 17.5. The second-order valence-electron chi connectivity index (χ2n) is 7.51. The molecule has 0 aliphatic heterocycles. The molecule has 24 heavy (non-hydrogen) atoms. The number of nitrogens with one attached hydrogen (secondary N) is 1. The van der Waals surface area contributed by atoms with Gasteiger partial charge in [-0.2, -0.15) is 0 Å². The standard InChI is InChI=1S/C20H26N4/c1-14-8-7-13-24-18(14)21-17(19(24)22-20(2,3)4)15-9-11-16(12-10-15)23(5)6/h7-13,22H,1-6H3. The monoisotopic (exact) mass is 322 g/mol. The molecule has 0 aliphatic carbocycles. The van der Waals surface area contributed by atoms with Crippen molar-refractivity contribution in [2.24, 2.45) is 0 Å². The van der Waals surface area contributed by atoms with Crippen molar-refractivity contribution in [3.63, 3.8) is 0 Å². The fourth-order valence-electron chi connectivity index (χ4n) is 2.80. The highest BCUT2D eigenvalue weighted by Gasteiger charge is 2.19. The summed E-state index contributed by atoms with van der Waals surface area (Å²) in [5, 5.41) is 3.63. The number of hydrogen-bond acceptors (Lipinski definition) is 3. The summed E-state index contributed by atoms with van der Waals surface area (Å²) in [7, 11) is 4.10. The summed E-state index contributed by atoms with van der Waals surface area (Å²) in [5.74, 6) is 1.04. The van der Waals surface area contributed by atoms with E-state index in [4.69, 9.17) is 4.98 Å². The van der Waals surface area contributed by atoms with E-state index >= 15 is 0 Å². The number of anilines is 2. The second-order valence-corrected chi connectivity index (χ2v) is 7.51. The lowest BCUT2D eigenvalue weighted by Gasteiger charge is -2.22. The number of hydrogen-bond donors (Lipinski definition) is 1. The molecule has 0 saturated heterocycles. The fourth-order valence-corrected chi connectivity index (χ4v) is 2.80. The van der Waals surface area contributed by atoms with E-state index in [0.717, 1.165) is 22.7 Å². The third-order valence-corrected chi connectivity index (χ3v) is 4.00. The van der Waals surface area contributed by atoms with Crippen molar-refractivity contribution in [2.45, 2.75) is 33.2 Å². The van der Waals surface area contributed by atoms with E-state index in [2.05, 4.69) is 99.0 Å². The van der Waals surface area contributed by atoms with Crippen LogP contribution in [0.2, 0.25) is 0 Å². The maximum absolute atomic E-state index is 4.93. The number of pyridine rings is 1. The van der Waals surface area contributed by atoms with Crippen molar-refractivity contribution < 1.29 is 0 Å². The van der Waals surface area contributed by atoms with Gasteiger partial charge in [0.05, 0.1) is 0 Å². The molecule has 1 N–H and O–H groups in total. The summed E-state index contributed by atoms with van der Waals surface area (Å²) in [6.07, 6.45) is 2.07. The Kier molecular flexibility index (Phi) is 3.99. The van der Waals surface area contributed by atoms with E-state index in [9.17, 15) is 0 Å². The van der Waals surface area contributed by atoms with Gasteiger partial charge in [0, 0.05) is 37.1 Å². The number of nitrogens with zero attached hydrogens (tertiary/aromatic N) is 3. The van der Waals surface area contributed by atoms with Crippen molar-refractivity contribution in [3.8, 4) is 11.3 Å². The van der Waals surface area contributed by atoms with Crippen LogP contribution in [0.4, 0.5) is 11.5 Å². The lowest BCUT2D eigenvalue weighted by Crippen LogP contribution is -2.27. The molecule has 2 heterocycles. The van der Waals surface area contributed by atoms with Gasteiger partial charge in [0.1, 0.15) is 17.2 Å². The predicted molar refractivity (Wildman–Crippen MR) is 103 cm³/mol. The van der Waals surface area contributed by atoms with Crippen molar-refractivity contribution in [2.75, 3.05) is 24.3 Å². The van der Waals surface area contributed by atoms with Gasteiger partial charge in [0.15, 0.2) is 0 Å². The summed E-state index contributed by atoms with van der Waals surface area (Å²) in [5.41, 5.74) is 5.42. The molecule has 4 heteroatoms. The molecule has 4 nitrogen and oxygen atoms in total. The maximum atomic E-state index is 4.93. The van der Waals surface area contributed by atoms with Gasteiger partial charge in [-0.15, -0.1) is 0 Å². The van der Waals surface area contributed by atoms with Crippen molar-refractivity contribution >= 4 is 17.2 Å².